The Balaban J connectivity index is 1.74. The minimum Gasteiger partial charge on any atom is -0.493 e. The van der Waals surface area contributed by atoms with E-state index in [1.54, 1.807) is 52.6 Å². The molecule has 1 N–H and O–H groups in total. The summed E-state index contributed by atoms with van der Waals surface area (Å²) in [6, 6.07) is 14.2. The third kappa shape index (κ3) is 5.25. The number of hydrogen-bond donors (Lipinski definition) is 1. The van der Waals surface area contributed by atoms with E-state index in [4.69, 9.17) is 28.4 Å². The topological polar surface area (TPSA) is 105 Å². The summed E-state index contributed by atoms with van der Waals surface area (Å²) >= 11 is 0. The lowest BCUT2D eigenvalue weighted by Gasteiger charge is -2.35. The van der Waals surface area contributed by atoms with Gasteiger partial charge in [0.05, 0.1) is 60.1 Å². The summed E-state index contributed by atoms with van der Waals surface area (Å²) < 4.78 is 33.6. The second kappa shape index (κ2) is 12.8. The molecule has 10 heteroatoms. The molecule has 1 heterocycles. The lowest BCUT2D eigenvalue weighted by molar-refractivity contribution is -0.119. The van der Waals surface area contributed by atoms with E-state index < -0.39 is 6.04 Å². The highest BCUT2D eigenvalue weighted by Crippen LogP contribution is 2.51. The maximum Gasteiger partial charge on any atom is 0.227 e. The van der Waals surface area contributed by atoms with E-state index in [1.165, 1.54) is 7.11 Å². The van der Waals surface area contributed by atoms with Crippen LogP contribution in [0.25, 0.3) is 0 Å². The van der Waals surface area contributed by atoms with Crippen molar-refractivity contribution in [3.05, 3.63) is 70.9 Å². The van der Waals surface area contributed by atoms with E-state index in [-0.39, 0.29) is 30.4 Å². The number of ketones is 1. The van der Waals surface area contributed by atoms with Crippen LogP contribution in [0.3, 0.4) is 0 Å². The average molecular weight is 603 g/mol. The van der Waals surface area contributed by atoms with Gasteiger partial charge in [0.25, 0.3) is 0 Å². The van der Waals surface area contributed by atoms with Gasteiger partial charge in [0.1, 0.15) is 0 Å². The third-order valence-electron chi connectivity index (χ3n) is 8.22. The number of carbonyl (C=O) groups excluding carboxylic acids is 2. The molecule has 10 nitrogen and oxygen atoms in total. The van der Waals surface area contributed by atoms with Crippen molar-refractivity contribution in [2.75, 3.05) is 52.9 Å². The number of nitrogens with zero attached hydrogens (tertiary/aromatic N) is 1. The summed E-state index contributed by atoms with van der Waals surface area (Å²) in [5.74, 6) is 2.39. The molecule has 44 heavy (non-hydrogen) atoms. The van der Waals surface area contributed by atoms with Crippen LogP contribution in [0.4, 0.5) is 11.4 Å². The van der Waals surface area contributed by atoms with Crippen LogP contribution in [-0.4, -0.2) is 54.3 Å². The predicted molar refractivity (Wildman–Crippen MR) is 167 cm³/mol. The number of methoxy groups -OCH3 is 6. The van der Waals surface area contributed by atoms with E-state index in [1.807, 2.05) is 43.3 Å². The number of ether oxygens (including phenoxy) is 6. The zero-order valence-electron chi connectivity index (χ0n) is 26.1. The highest BCUT2D eigenvalue weighted by atomic mass is 16.5. The normalized spacial score (nSPS) is 17.5. The van der Waals surface area contributed by atoms with Crippen LogP contribution in [0.15, 0.2) is 59.8 Å². The van der Waals surface area contributed by atoms with E-state index >= 15 is 0 Å². The Morgan fingerprint density at radius 2 is 1.30 bits per heavy atom. The van der Waals surface area contributed by atoms with Crippen LogP contribution in [0.1, 0.15) is 49.3 Å². The number of amides is 1. The zero-order valence-corrected chi connectivity index (χ0v) is 26.1. The molecule has 0 bridgehead atoms. The van der Waals surface area contributed by atoms with Gasteiger partial charge in [-0.15, -0.1) is 0 Å². The Labute approximate surface area is 257 Å². The number of hydrogen-bond acceptors (Lipinski definition) is 9. The molecule has 1 amide bonds. The van der Waals surface area contributed by atoms with Crippen molar-refractivity contribution in [1.82, 2.24) is 0 Å². The summed E-state index contributed by atoms with van der Waals surface area (Å²) in [6.45, 7) is 1.81. The summed E-state index contributed by atoms with van der Waals surface area (Å²) in [7, 11) is 9.31. The van der Waals surface area contributed by atoms with Gasteiger partial charge >= 0.3 is 0 Å². The van der Waals surface area contributed by atoms with E-state index in [2.05, 4.69) is 5.32 Å². The van der Waals surface area contributed by atoms with Gasteiger partial charge in [-0.05, 0) is 59.9 Å². The molecule has 2 aliphatic rings. The minimum atomic E-state index is -0.754. The van der Waals surface area contributed by atoms with Crippen molar-refractivity contribution < 1.29 is 38.0 Å². The van der Waals surface area contributed by atoms with Gasteiger partial charge in [-0.25, -0.2) is 0 Å². The van der Waals surface area contributed by atoms with E-state index in [0.29, 0.717) is 57.7 Å². The van der Waals surface area contributed by atoms with E-state index in [9.17, 15) is 9.59 Å². The minimum absolute atomic E-state index is 0.0852. The quantitative estimate of drug-likeness (QED) is 0.313. The molecule has 0 saturated carbocycles. The number of anilines is 2. The lowest BCUT2D eigenvalue weighted by Crippen LogP contribution is -2.38. The first-order valence-corrected chi connectivity index (χ1v) is 14.4. The SMILES string of the molecule is CCC(=O)N1c2ccccc2NC2=C(C(=O)C[C@H](c3cc(OC)c(OC)c(OC)c3)C2)[C@@H]1c1cc(OC)c(OC)c(OC)c1. The molecule has 2 atom stereocenters. The molecule has 3 aromatic carbocycles. The van der Waals surface area contributed by atoms with Crippen LogP contribution in [-0.2, 0) is 9.59 Å². The number of allylic oxidation sites excluding steroid dienone is 1. The summed E-state index contributed by atoms with van der Waals surface area (Å²) in [6.07, 6.45) is 0.952. The number of fused-ring (bicyclic) bond motifs is 1. The second-order valence-electron chi connectivity index (χ2n) is 10.5. The van der Waals surface area contributed by atoms with Crippen molar-refractivity contribution in [3.63, 3.8) is 0 Å². The lowest BCUT2D eigenvalue weighted by atomic mass is 9.78. The van der Waals surface area contributed by atoms with Gasteiger partial charge in [0, 0.05) is 24.1 Å². The van der Waals surface area contributed by atoms with Gasteiger partial charge in [-0.1, -0.05) is 19.1 Å². The molecule has 0 unspecified atom stereocenters. The van der Waals surface area contributed by atoms with Crippen molar-refractivity contribution in [3.8, 4) is 34.5 Å². The molecule has 1 aliphatic carbocycles. The fourth-order valence-corrected chi connectivity index (χ4v) is 6.18. The van der Waals surface area contributed by atoms with Gasteiger partial charge in [0.15, 0.2) is 28.8 Å². The predicted octanol–water partition coefficient (Wildman–Crippen LogP) is 6.05. The molecule has 1 aliphatic heterocycles. The first-order valence-electron chi connectivity index (χ1n) is 14.4. The van der Waals surface area contributed by atoms with Crippen LogP contribution in [0, 0.1) is 0 Å². The zero-order chi connectivity index (χ0) is 31.5. The summed E-state index contributed by atoms with van der Waals surface area (Å²) in [4.78, 5) is 29.9. The average Bonchev–Trinajstić information content (AvgIpc) is 3.21. The highest BCUT2D eigenvalue weighted by Gasteiger charge is 2.42. The molecule has 0 saturated heterocycles. The molecule has 0 spiro atoms. The molecule has 0 radical (unpaired) electrons. The Morgan fingerprint density at radius 1 is 0.773 bits per heavy atom. The highest BCUT2D eigenvalue weighted by molar-refractivity contribution is 6.06. The van der Waals surface area contributed by atoms with Gasteiger partial charge in [0.2, 0.25) is 17.4 Å². The monoisotopic (exact) mass is 602 g/mol. The van der Waals surface area contributed by atoms with Crippen molar-refractivity contribution in [2.45, 2.75) is 38.1 Å². The number of benzene rings is 3. The van der Waals surface area contributed by atoms with E-state index in [0.717, 1.165) is 16.9 Å². The molecule has 5 rings (SSSR count). The fraction of sp³-hybridized carbons (Fsp3) is 0.353. The van der Waals surface area contributed by atoms with Crippen molar-refractivity contribution in [2.24, 2.45) is 0 Å². The Bertz CT molecular complexity index is 1560. The molecule has 0 fully saturated rings. The Hall–Kier alpha value is -4.86. The Kier molecular flexibility index (Phi) is 8.89. The maximum atomic E-state index is 14.4. The van der Waals surface area contributed by atoms with Crippen LogP contribution < -0.4 is 38.6 Å². The van der Waals surface area contributed by atoms with Gasteiger partial charge in [-0.3, -0.25) is 14.5 Å². The molecule has 232 valence electrons. The number of carbonyl (C=O) groups is 2. The number of nitrogens with one attached hydrogen (secondary N) is 1. The Morgan fingerprint density at radius 3 is 1.80 bits per heavy atom. The van der Waals surface area contributed by atoms with Gasteiger partial charge < -0.3 is 33.7 Å². The number of Topliss-reactive ketones (excluding diaryl/α,β-unsaturated/α-hetero) is 1. The fourth-order valence-electron chi connectivity index (χ4n) is 6.18. The first-order chi connectivity index (χ1) is 21.3. The standard InChI is InChI=1S/C34H38N2O8/c1-8-30(38)36-24-12-10-9-11-22(24)35-23-13-19(20-15-26(39-2)33(43-6)27(16-20)40-3)14-25(37)31(23)32(36)21-17-28(41-4)34(44-7)29(18-21)42-5/h9-12,15-19,32,35H,8,13-14H2,1-7H3/t19-,32+/m1/s1. The van der Waals surface area contributed by atoms with Crippen LogP contribution >= 0.6 is 0 Å². The van der Waals surface area contributed by atoms with Crippen LogP contribution in [0.2, 0.25) is 0 Å². The second-order valence-corrected chi connectivity index (χ2v) is 10.5. The molecule has 3 aromatic rings. The molecular weight excluding hydrogens is 564 g/mol. The van der Waals surface area contributed by atoms with Gasteiger partial charge in [-0.2, -0.15) is 0 Å². The molecular formula is C34H38N2O8. The first kappa shape index (κ1) is 30.6. The maximum absolute atomic E-state index is 14.4. The van der Waals surface area contributed by atoms with Crippen molar-refractivity contribution >= 4 is 23.1 Å². The largest absolute Gasteiger partial charge is 0.493 e. The van der Waals surface area contributed by atoms with Crippen molar-refractivity contribution in [1.29, 1.82) is 0 Å². The third-order valence-corrected chi connectivity index (χ3v) is 8.22. The molecule has 0 aromatic heterocycles. The summed E-state index contributed by atoms with van der Waals surface area (Å²) in [5, 5.41) is 3.55. The number of rotatable bonds is 9. The van der Waals surface area contributed by atoms with Crippen LogP contribution in [0.5, 0.6) is 34.5 Å². The smallest absolute Gasteiger partial charge is 0.227 e. The summed E-state index contributed by atoms with van der Waals surface area (Å²) in [5.41, 5.74) is 4.19. The number of para-hydroxylation sites is 2.